The Morgan fingerprint density at radius 3 is 2.96 bits per heavy atom. The second kappa shape index (κ2) is 6.78. The maximum absolute atomic E-state index is 11.4. The highest BCUT2D eigenvalue weighted by Crippen LogP contribution is 2.32. The molecule has 0 aliphatic carbocycles. The summed E-state index contributed by atoms with van der Waals surface area (Å²) in [4.78, 5) is 25.6. The lowest BCUT2D eigenvalue weighted by Crippen LogP contribution is -2.17. The van der Waals surface area contributed by atoms with Crippen LogP contribution in [0.5, 0.6) is 0 Å². The molecule has 1 atom stereocenters. The third-order valence-corrected chi connectivity index (χ3v) is 5.17. The van der Waals surface area contributed by atoms with Crippen LogP contribution in [-0.4, -0.2) is 20.9 Å². The first kappa shape index (κ1) is 16.0. The molecule has 6 nitrogen and oxygen atoms in total. The fourth-order valence-corrected chi connectivity index (χ4v) is 3.75. The van der Waals surface area contributed by atoms with E-state index in [2.05, 4.69) is 25.6 Å². The van der Waals surface area contributed by atoms with Gasteiger partial charge in [0.25, 0.3) is 0 Å². The van der Waals surface area contributed by atoms with Crippen molar-refractivity contribution in [2.45, 2.75) is 18.9 Å². The molecule has 0 spiro atoms. The second-order valence-corrected chi connectivity index (χ2v) is 7.11. The van der Waals surface area contributed by atoms with Crippen LogP contribution in [0.1, 0.15) is 23.9 Å². The first-order chi connectivity index (χ1) is 12.2. The number of anilines is 2. The van der Waals surface area contributed by atoms with Gasteiger partial charge in [-0.15, -0.1) is 11.3 Å². The van der Waals surface area contributed by atoms with Crippen molar-refractivity contribution in [2.75, 3.05) is 5.32 Å². The molecule has 3 aromatic rings. The number of halogens is 1. The molecule has 0 radical (unpaired) electrons. The summed E-state index contributed by atoms with van der Waals surface area (Å²) in [6, 6.07) is 9.20. The van der Waals surface area contributed by atoms with Gasteiger partial charge in [0.15, 0.2) is 0 Å². The Labute approximate surface area is 153 Å². The Bertz CT molecular complexity index is 929. The van der Waals surface area contributed by atoms with Crippen LogP contribution in [0.3, 0.4) is 0 Å². The normalized spacial score (nSPS) is 16.7. The Morgan fingerprint density at radius 1 is 1.24 bits per heavy atom. The van der Waals surface area contributed by atoms with Crippen molar-refractivity contribution in [2.24, 2.45) is 0 Å². The molecule has 0 saturated carbocycles. The minimum absolute atomic E-state index is 0.0169. The summed E-state index contributed by atoms with van der Waals surface area (Å²) < 4.78 is 0. The molecule has 25 heavy (non-hydrogen) atoms. The number of aromatic nitrogens is 3. The van der Waals surface area contributed by atoms with Crippen molar-refractivity contribution < 1.29 is 4.79 Å². The highest BCUT2D eigenvalue weighted by molar-refractivity contribution is 7.15. The maximum Gasteiger partial charge on any atom is 0.220 e. The number of nitrogens with zero attached hydrogens (tertiary/aromatic N) is 3. The predicted octanol–water partition coefficient (Wildman–Crippen LogP) is 3.95. The van der Waals surface area contributed by atoms with Crippen molar-refractivity contribution in [1.82, 2.24) is 20.3 Å². The van der Waals surface area contributed by atoms with Gasteiger partial charge < -0.3 is 10.6 Å². The Morgan fingerprint density at radius 2 is 2.16 bits per heavy atom. The number of amides is 1. The average molecular weight is 372 g/mol. The number of carbonyl (C=O) groups excluding carboxylic acids is 1. The molecule has 8 heteroatoms. The van der Waals surface area contributed by atoms with Crippen molar-refractivity contribution in [3.8, 4) is 10.6 Å². The van der Waals surface area contributed by atoms with Gasteiger partial charge in [0, 0.05) is 23.8 Å². The van der Waals surface area contributed by atoms with E-state index >= 15 is 0 Å². The lowest BCUT2D eigenvalue weighted by Gasteiger charge is -2.06. The number of rotatable bonds is 4. The van der Waals surface area contributed by atoms with Crippen LogP contribution in [0.4, 0.5) is 11.6 Å². The van der Waals surface area contributed by atoms with E-state index in [9.17, 15) is 4.79 Å². The zero-order valence-electron chi connectivity index (χ0n) is 13.1. The SMILES string of the molecule is O=C1CC[C@@H](c2ncc(-c3cccc(Nc4cc(Cl)ccn4)n3)s2)N1. The zero-order valence-corrected chi connectivity index (χ0v) is 14.6. The number of thiazole rings is 1. The maximum atomic E-state index is 11.4. The molecule has 4 rings (SSSR count). The summed E-state index contributed by atoms with van der Waals surface area (Å²) in [7, 11) is 0. The van der Waals surface area contributed by atoms with Crippen LogP contribution < -0.4 is 10.6 Å². The van der Waals surface area contributed by atoms with Gasteiger partial charge in [0.05, 0.1) is 16.6 Å². The van der Waals surface area contributed by atoms with Gasteiger partial charge in [0.2, 0.25) is 5.91 Å². The van der Waals surface area contributed by atoms with Gasteiger partial charge in [-0.1, -0.05) is 17.7 Å². The predicted molar refractivity (Wildman–Crippen MR) is 98.0 cm³/mol. The molecule has 0 bridgehead atoms. The molecule has 3 aromatic heterocycles. The zero-order chi connectivity index (χ0) is 17.2. The van der Waals surface area contributed by atoms with Crippen LogP contribution in [0, 0.1) is 0 Å². The average Bonchev–Trinajstić information content (AvgIpc) is 3.24. The van der Waals surface area contributed by atoms with E-state index < -0.39 is 0 Å². The highest BCUT2D eigenvalue weighted by Gasteiger charge is 2.25. The Balaban J connectivity index is 1.55. The number of hydrogen-bond donors (Lipinski definition) is 2. The number of nitrogens with one attached hydrogen (secondary N) is 2. The smallest absolute Gasteiger partial charge is 0.220 e. The second-order valence-electron chi connectivity index (χ2n) is 5.61. The minimum atomic E-state index is 0.0169. The van der Waals surface area contributed by atoms with E-state index in [4.69, 9.17) is 11.6 Å². The monoisotopic (exact) mass is 371 g/mol. The lowest BCUT2D eigenvalue weighted by atomic mass is 10.2. The largest absolute Gasteiger partial charge is 0.347 e. The van der Waals surface area contributed by atoms with Crippen molar-refractivity contribution >= 4 is 40.5 Å². The van der Waals surface area contributed by atoms with Gasteiger partial charge in [-0.05, 0) is 30.7 Å². The Kier molecular flexibility index (Phi) is 4.33. The van der Waals surface area contributed by atoms with Gasteiger partial charge in [-0.3, -0.25) is 4.79 Å². The molecular weight excluding hydrogens is 358 g/mol. The standard InChI is InChI=1S/C17H14ClN5OS/c18-10-6-7-19-15(8-10)23-14-3-1-2-11(21-14)13-9-20-17(25-13)12-4-5-16(24)22-12/h1-3,6-9,12H,4-5H2,(H,22,24)(H,19,21,23)/t12-/m0/s1. The molecule has 1 aliphatic rings. The van der Waals surface area contributed by atoms with E-state index in [0.29, 0.717) is 23.1 Å². The van der Waals surface area contributed by atoms with Crippen LogP contribution >= 0.6 is 22.9 Å². The van der Waals surface area contributed by atoms with Crippen LogP contribution in [0.15, 0.2) is 42.7 Å². The summed E-state index contributed by atoms with van der Waals surface area (Å²) in [6.45, 7) is 0. The molecule has 0 aromatic carbocycles. The topological polar surface area (TPSA) is 79.8 Å². The lowest BCUT2D eigenvalue weighted by molar-refractivity contribution is -0.119. The highest BCUT2D eigenvalue weighted by atomic mass is 35.5. The minimum Gasteiger partial charge on any atom is -0.347 e. The van der Waals surface area contributed by atoms with Gasteiger partial charge in [0.1, 0.15) is 16.6 Å². The van der Waals surface area contributed by atoms with E-state index in [-0.39, 0.29) is 11.9 Å². The number of carbonyl (C=O) groups is 1. The van der Waals surface area contributed by atoms with Crippen molar-refractivity contribution in [3.05, 3.63) is 52.8 Å². The first-order valence-electron chi connectivity index (χ1n) is 7.78. The summed E-state index contributed by atoms with van der Waals surface area (Å²) in [5.41, 5.74) is 0.820. The molecule has 1 aliphatic heterocycles. The number of hydrogen-bond acceptors (Lipinski definition) is 6. The molecule has 4 heterocycles. The molecule has 1 amide bonds. The third-order valence-electron chi connectivity index (χ3n) is 3.80. The van der Waals surface area contributed by atoms with Gasteiger partial charge in [-0.25, -0.2) is 15.0 Å². The summed E-state index contributed by atoms with van der Waals surface area (Å²) >= 11 is 7.53. The molecule has 0 unspecified atom stereocenters. The summed E-state index contributed by atoms with van der Waals surface area (Å²) in [6.07, 6.45) is 4.79. The summed E-state index contributed by atoms with van der Waals surface area (Å²) in [5, 5.41) is 7.61. The van der Waals surface area contributed by atoms with Crippen LogP contribution in [0.2, 0.25) is 5.02 Å². The van der Waals surface area contributed by atoms with Crippen LogP contribution in [0.25, 0.3) is 10.6 Å². The molecule has 2 N–H and O–H groups in total. The molecular formula is C17H14ClN5OS. The van der Waals surface area contributed by atoms with E-state index in [0.717, 1.165) is 22.0 Å². The molecule has 1 saturated heterocycles. The van der Waals surface area contributed by atoms with Crippen LogP contribution in [-0.2, 0) is 4.79 Å². The van der Waals surface area contributed by atoms with Gasteiger partial charge >= 0.3 is 0 Å². The number of pyridine rings is 2. The van der Waals surface area contributed by atoms with E-state index in [1.165, 1.54) is 0 Å². The molecule has 1 fully saturated rings. The van der Waals surface area contributed by atoms with Crippen molar-refractivity contribution in [1.29, 1.82) is 0 Å². The molecule has 126 valence electrons. The summed E-state index contributed by atoms with van der Waals surface area (Å²) in [5.74, 6) is 1.40. The fourth-order valence-electron chi connectivity index (χ4n) is 2.61. The third kappa shape index (κ3) is 3.62. The quantitative estimate of drug-likeness (QED) is 0.725. The van der Waals surface area contributed by atoms with Crippen molar-refractivity contribution in [3.63, 3.8) is 0 Å². The van der Waals surface area contributed by atoms with E-state index in [1.54, 1.807) is 35.9 Å². The Hall–Kier alpha value is -2.51. The van der Waals surface area contributed by atoms with E-state index in [1.807, 2.05) is 18.2 Å². The fraction of sp³-hybridized carbons (Fsp3) is 0.176. The first-order valence-corrected chi connectivity index (χ1v) is 8.98. The van der Waals surface area contributed by atoms with Gasteiger partial charge in [-0.2, -0.15) is 0 Å².